The Balaban J connectivity index is 2.52. The molecule has 0 fully saturated rings. The monoisotopic (exact) mass is 383 g/mol. The van der Waals surface area contributed by atoms with Crippen LogP contribution in [0.2, 0.25) is 15.1 Å². The molecule has 0 aliphatic rings. The summed E-state index contributed by atoms with van der Waals surface area (Å²) in [6.45, 7) is 1.46. The lowest BCUT2D eigenvalue weighted by Crippen LogP contribution is -2.14. The van der Waals surface area contributed by atoms with Crippen LogP contribution in [-0.2, 0) is 10.0 Å². The van der Waals surface area contributed by atoms with Gasteiger partial charge in [-0.15, -0.1) is 0 Å². The summed E-state index contributed by atoms with van der Waals surface area (Å²) in [4.78, 5) is -0.511. The molecule has 0 amide bonds. The number of anilines is 1. The van der Waals surface area contributed by atoms with Crippen LogP contribution in [0.4, 0.5) is 10.1 Å². The molecule has 0 saturated heterocycles. The smallest absolute Gasteiger partial charge is 0.265 e. The number of benzene rings is 2. The number of aryl methyl sites for hydroxylation is 1. The lowest BCUT2D eigenvalue weighted by molar-refractivity contribution is 0.459. The average Bonchev–Trinajstić information content (AvgIpc) is 2.39. The van der Waals surface area contributed by atoms with E-state index in [1.54, 1.807) is 0 Å². The van der Waals surface area contributed by atoms with E-state index in [9.17, 15) is 17.9 Å². The zero-order chi connectivity index (χ0) is 16.7. The predicted octanol–water partition coefficient (Wildman–Crippen LogP) is 4.60. The fourth-order valence-corrected chi connectivity index (χ4v) is 3.77. The molecule has 0 spiro atoms. The summed E-state index contributed by atoms with van der Waals surface area (Å²) < 4.78 is 40.2. The molecule has 2 aromatic carbocycles. The molecule has 0 aliphatic carbocycles. The fraction of sp³-hybridized carbons (Fsp3) is 0.0769. The van der Waals surface area contributed by atoms with Crippen molar-refractivity contribution in [3.05, 3.63) is 50.7 Å². The van der Waals surface area contributed by atoms with Gasteiger partial charge in [-0.1, -0.05) is 34.8 Å². The zero-order valence-electron chi connectivity index (χ0n) is 11.0. The topological polar surface area (TPSA) is 66.4 Å². The van der Waals surface area contributed by atoms with E-state index >= 15 is 0 Å². The molecule has 0 aliphatic heterocycles. The molecule has 2 N–H and O–H groups in total. The number of nitrogens with one attached hydrogen (secondary N) is 1. The van der Waals surface area contributed by atoms with Gasteiger partial charge >= 0.3 is 0 Å². The van der Waals surface area contributed by atoms with E-state index in [1.165, 1.54) is 19.1 Å². The molecule has 0 unspecified atom stereocenters. The van der Waals surface area contributed by atoms with Crippen LogP contribution >= 0.6 is 34.8 Å². The van der Waals surface area contributed by atoms with Crippen LogP contribution in [-0.4, -0.2) is 13.5 Å². The third-order valence-corrected chi connectivity index (χ3v) is 4.97. The second-order valence-corrected chi connectivity index (χ2v) is 7.32. The van der Waals surface area contributed by atoms with E-state index in [0.717, 1.165) is 12.1 Å². The van der Waals surface area contributed by atoms with E-state index in [1.807, 2.05) is 0 Å². The zero-order valence-corrected chi connectivity index (χ0v) is 14.1. The molecule has 118 valence electrons. The second-order valence-electron chi connectivity index (χ2n) is 4.42. The van der Waals surface area contributed by atoms with E-state index in [2.05, 4.69) is 4.72 Å². The first kappa shape index (κ1) is 17.1. The Morgan fingerprint density at radius 1 is 1.09 bits per heavy atom. The quantitative estimate of drug-likeness (QED) is 0.812. The van der Waals surface area contributed by atoms with Gasteiger partial charge in [0.25, 0.3) is 10.0 Å². The maximum absolute atomic E-state index is 13.3. The summed E-state index contributed by atoms with van der Waals surface area (Å²) in [5, 5.41) is 9.49. The van der Waals surface area contributed by atoms with Gasteiger partial charge in [0, 0.05) is 5.02 Å². The lowest BCUT2D eigenvalue weighted by atomic mass is 10.2. The largest absolute Gasteiger partial charge is 0.505 e. The number of sulfonamides is 1. The van der Waals surface area contributed by atoms with E-state index < -0.39 is 26.5 Å². The second kappa shape index (κ2) is 6.12. The van der Waals surface area contributed by atoms with Crippen LogP contribution in [0.3, 0.4) is 0 Å². The third-order valence-electron chi connectivity index (χ3n) is 2.78. The minimum absolute atomic E-state index is 0.0314. The Hall–Kier alpha value is -1.21. The van der Waals surface area contributed by atoms with Crippen molar-refractivity contribution in [1.29, 1.82) is 0 Å². The van der Waals surface area contributed by atoms with Crippen molar-refractivity contribution in [2.45, 2.75) is 11.8 Å². The van der Waals surface area contributed by atoms with Gasteiger partial charge in [-0.3, -0.25) is 4.72 Å². The number of halogens is 4. The highest BCUT2D eigenvalue weighted by atomic mass is 35.5. The number of aromatic hydroxyl groups is 1. The number of hydrogen-bond acceptors (Lipinski definition) is 3. The minimum atomic E-state index is -4.22. The summed E-state index contributed by atoms with van der Waals surface area (Å²) in [6, 6.07) is 4.46. The van der Waals surface area contributed by atoms with Gasteiger partial charge in [0.15, 0.2) is 5.75 Å². The maximum atomic E-state index is 13.3. The first-order valence-corrected chi connectivity index (χ1v) is 8.40. The van der Waals surface area contributed by atoms with Crippen LogP contribution in [0.1, 0.15) is 5.56 Å². The summed E-state index contributed by atoms with van der Waals surface area (Å²) in [7, 11) is -4.22. The standard InChI is InChI=1S/C13H9Cl3FNO3S/c1-6-2-11(8(15)5-10(6)17)18-22(20,21)12-4-7(14)3-9(16)13(12)19/h2-5,18-19H,1H3. The van der Waals surface area contributed by atoms with Crippen LogP contribution in [0.5, 0.6) is 5.75 Å². The molecule has 22 heavy (non-hydrogen) atoms. The Kier molecular flexibility index (Phi) is 4.77. The molecule has 0 atom stereocenters. The van der Waals surface area contributed by atoms with Gasteiger partial charge in [0.2, 0.25) is 0 Å². The van der Waals surface area contributed by atoms with Crippen molar-refractivity contribution in [2.24, 2.45) is 0 Å². The minimum Gasteiger partial charge on any atom is -0.505 e. The lowest BCUT2D eigenvalue weighted by Gasteiger charge is -2.13. The van der Waals surface area contributed by atoms with Gasteiger partial charge in [-0.05, 0) is 36.8 Å². The summed E-state index contributed by atoms with van der Waals surface area (Å²) in [5.41, 5.74) is 0.173. The molecule has 0 aromatic heterocycles. The Labute approximate surface area is 141 Å². The number of hydrogen-bond donors (Lipinski definition) is 2. The number of phenols is 1. The molecular formula is C13H9Cl3FNO3S. The van der Waals surface area contributed by atoms with E-state index in [-0.39, 0.29) is 26.3 Å². The molecule has 2 rings (SSSR count). The van der Waals surface area contributed by atoms with Crippen molar-refractivity contribution in [3.8, 4) is 5.75 Å². The molecule has 2 aromatic rings. The first-order chi connectivity index (χ1) is 10.1. The number of phenolic OH excluding ortho intramolecular Hbond substituents is 1. The molecular weight excluding hydrogens is 376 g/mol. The Morgan fingerprint density at radius 3 is 2.36 bits per heavy atom. The van der Waals surface area contributed by atoms with Crippen LogP contribution in [0.25, 0.3) is 0 Å². The Morgan fingerprint density at radius 2 is 1.73 bits per heavy atom. The van der Waals surface area contributed by atoms with Crippen LogP contribution in [0, 0.1) is 12.7 Å². The average molecular weight is 385 g/mol. The third kappa shape index (κ3) is 3.41. The highest BCUT2D eigenvalue weighted by Gasteiger charge is 2.23. The maximum Gasteiger partial charge on any atom is 0.265 e. The molecule has 9 heteroatoms. The number of rotatable bonds is 3. The Bertz CT molecular complexity index is 856. The normalized spacial score (nSPS) is 11.5. The van der Waals surface area contributed by atoms with Gasteiger partial charge in [-0.25, -0.2) is 12.8 Å². The van der Waals surface area contributed by atoms with E-state index in [0.29, 0.717) is 0 Å². The highest BCUT2D eigenvalue weighted by molar-refractivity contribution is 7.92. The summed E-state index contributed by atoms with van der Waals surface area (Å²) >= 11 is 17.3. The van der Waals surface area contributed by atoms with Crippen molar-refractivity contribution < 1.29 is 17.9 Å². The molecule has 0 heterocycles. The molecule has 0 radical (unpaired) electrons. The van der Waals surface area contributed by atoms with Crippen molar-refractivity contribution >= 4 is 50.5 Å². The SMILES string of the molecule is Cc1cc(NS(=O)(=O)c2cc(Cl)cc(Cl)c2O)c(Cl)cc1F. The molecule has 0 saturated carbocycles. The van der Waals surface area contributed by atoms with Crippen LogP contribution < -0.4 is 4.72 Å². The molecule has 0 bridgehead atoms. The highest BCUT2D eigenvalue weighted by Crippen LogP contribution is 2.36. The van der Waals surface area contributed by atoms with Gasteiger partial charge in [0.1, 0.15) is 10.7 Å². The van der Waals surface area contributed by atoms with Gasteiger partial charge in [0.05, 0.1) is 15.7 Å². The summed E-state index contributed by atoms with van der Waals surface area (Å²) in [5.74, 6) is -1.21. The summed E-state index contributed by atoms with van der Waals surface area (Å²) in [6.07, 6.45) is 0. The first-order valence-electron chi connectivity index (χ1n) is 5.78. The van der Waals surface area contributed by atoms with Crippen LogP contribution in [0.15, 0.2) is 29.2 Å². The van der Waals surface area contributed by atoms with Gasteiger partial charge in [-0.2, -0.15) is 0 Å². The fourth-order valence-electron chi connectivity index (χ4n) is 1.68. The van der Waals surface area contributed by atoms with Crippen molar-refractivity contribution in [2.75, 3.05) is 4.72 Å². The van der Waals surface area contributed by atoms with E-state index in [4.69, 9.17) is 34.8 Å². The molecule has 4 nitrogen and oxygen atoms in total. The van der Waals surface area contributed by atoms with Crippen molar-refractivity contribution in [3.63, 3.8) is 0 Å². The van der Waals surface area contributed by atoms with Crippen molar-refractivity contribution in [1.82, 2.24) is 0 Å². The van der Waals surface area contributed by atoms with Gasteiger partial charge < -0.3 is 5.11 Å². The predicted molar refractivity (Wildman–Crippen MR) is 85.1 cm³/mol.